The monoisotopic (exact) mass is 176 g/mol. The van der Waals surface area contributed by atoms with E-state index in [-0.39, 0.29) is 5.97 Å². The van der Waals surface area contributed by atoms with E-state index in [9.17, 15) is 4.79 Å². The van der Waals surface area contributed by atoms with Crippen LogP contribution >= 0.6 is 0 Å². The van der Waals surface area contributed by atoms with Crippen molar-refractivity contribution in [2.75, 3.05) is 7.11 Å². The third-order valence-electron chi connectivity index (χ3n) is 1.76. The Morgan fingerprint density at radius 2 is 2.15 bits per heavy atom. The van der Waals surface area contributed by atoms with Gasteiger partial charge in [-0.05, 0) is 30.2 Å². The molecule has 0 saturated carbocycles. The molecule has 0 spiro atoms. The van der Waals surface area contributed by atoms with Gasteiger partial charge in [-0.25, -0.2) is 4.79 Å². The maximum Gasteiger partial charge on any atom is 0.337 e. The summed E-state index contributed by atoms with van der Waals surface area (Å²) in [5, 5.41) is 0. The Morgan fingerprint density at radius 3 is 2.69 bits per heavy atom. The Bertz CT molecular complexity index is 340. The van der Waals surface area contributed by atoms with Crippen LogP contribution in [0.15, 0.2) is 24.8 Å². The lowest BCUT2D eigenvalue weighted by atomic mass is 10.1. The molecule has 0 amide bonds. The van der Waals surface area contributed by atoms with E-state index in [4.69, 9.17) is 0 Å². The number of benzene rings is 1. The van der Waals surface area contributed by atoms with Crippen LogP contribution in [0.4, 0.5) is 0 Å². The lowest BCUT2D eigenvalue weighted by Gasteiger charge is -2.02. The van der Waals surface area contributed by atoms with Crippen molar-refractivity contribution in [1.82, 2.24) is 0 Å². The second kappa shape index (κ2) is 3.90. The van der Waals surface area contributed by atoms with Gasteiger partial charge in [0.15, 0.2) is 0 Å². The largest absolute Gasteiger partial charge is 0.465 e. The molecule has 0 radical (unpaired) electrons. The Hall–Kier alpha value is -1.57. The molecule has 0 aliphatic carbocycles. The molecule has 13 heavy (non-hydrogen) atoms. The summed E-state index contributed by atoms with van der Waals surface area (Å²) in [5.74, 6) is -0.313. The Labute approximate surface area is 77.8 Å². The number of methoxy groups -OCH3 is 1. The van der Waals surface area contributed by atoms with E-state index in [1.165, 1.54) is 7.11 Å². The van der Waals surface area contributed by atoms with Crippen molar-refractivity contribution in [3.63, 3.8) is 0 Å². The van der Waals surface area contributed by atoms with Crippen LogP contribution in [0.5, 0.6) is 0 Å². The molecular weight excluding hydrogens is 164 g/mol. The highest BCUT2D eigenvalue weighted by atomic mass is 16.5. The maximum absolute atomic E-state index is 11.2. The quantitative estimate of drug-likeness (QED) is 0.647. The van der Waals surface area contributed by atoms with Gasteiger partial charge in [-0.3, -0.25) is 0 Å². The normalized spacial score (nSPS) is 9.38. The summed E-state index contributed by atoms with van der Waals surface area (Å²) < 4.78 is 4.62. The van der Waals surface area contributed by atoms with Gasteiger partial charge >= 0.3 is 5.97 Å². The number of carbonyl (C=O) groups excluding carboxylic acids is 1. The minimum atomic E-state index is -0.313. The minimum Gasteiger partial charge on any atom is -0.465 e. The topological polar surface area (TPSA) is 26.3 Å². The van der Waals surface area contributed by atoms with Crippen LogP contribution in [0, 0.1) is 6.92 Å². The fourth-order valence-electron chi connectivity index (χ4n) is 1.17. The highest BCUT2D eigenvalue weighted by Gasteiger charge is 2.05. The van der Waals surface area contributed by atoms with E-state index >= 15 is 0 Å². The first-order valence-corrected chi connectivity index (χ1v) is 4.00. The van der Waals surface area contributed by atoms with Crippen LogP contribution in [-0.2, 0) is 4.74 Å². The van der Waals surface area contributed by atoms with E-state index in [0.717, 1.165) is 11.1 Å². The van der Waals surface area contributed by atoms with Crippen LogP contribution in [-0.4, -0.2) is 13.1 Å². The number of hydrogen-bond acceptors (Lipinski definition) is 2. The van der Waals surface area contributed by atoms with Crippen molar-refractivity contribution < 1.29 is 9.53 Å². The van der Waals surface area contributed by atoms with E-state index in [1.54, 1.807) is 18.2 Å². The van der Waals surface area contributed by atoms with Crippen molar-refractivity contribution in [3.8, 4) is 0 Å². The summed E-state index contributed by atoms with van der Waals surface area (Å²) in [5.41, 5.74) is 2.52. The van der Waals surface area contributed by atoms with Gasteiger partial charge in [0.1, 0.15) is 0 Å². The molecule has 1 rings (SSSR count). The van der Waals surface area contributed by atoms with Crippen molar-refractivity contribution >= 4 is 12.0 Å². The summed E-state index contributed by atoms with van der Waals surface area (Å²) in [6.45, 7) is 5.58. The molecular formula is C11H12O2. The molecule has 0 aliphatic rings. The fourth-order valence-corrected chi connectivity index (χ4v) is 1.17. The maximum atomic E-state index is 11.2. The van der Waals surface area contributed by atoms with Gasteiger partial charge < -0.3 is 4.74 Å². The lowest BCUT2D eigenvalue weighted by Crippen LogP contribution is -2.01. The predicted octanol–water partition coefficient (Wildman–Crippen LogP) is 2.42. The van der Waals surface area contributed by atoms with Crippen LogP contribution in [0.3, 0.4) is 0 Å². The number of aryl methyl sites for hydroxylation is 1. The second-order valence-corrected chi connectivity index (χ2v) is 2.83. The fraction of sp³-hybridized carbons (Fsp3) is 0.182. The van der Waals surface area contributed by atoms with E-state index in [1.807, 2.05) is 13.0 Å². The number of rotatable bonds is 2. The van der Waals surface area contributed by atoms with E-state index < -0.39 is 0 Å². The van der Waals surface area contributed by atoms with Gasteiger partial charge in [-0.1, -0.05) is 18.7 Å². The van der Waals surface area contributed by atoms with Gasteiger partial charge in [-0.2, -0.15) is 0 Å². The molecule has 0 bridgehead atoms. The van der Waals surface area contributed by atoms with Gasteiger partial charge in [0.05, 0.1) is 12.7 Å². The van der Waals surface area contributed by atoms with E-state index in [2.05, 4.69) is 11.3 Å². The summed E-state index contributed by atoms with van der Waals surface area (Å²) in [6.07, 6.45) is 1.71. The molecule has 68 valence electrons. The Morgan fingerprint density at radius 1 is 1.46 bits per heavy atom. The zero-order valence-corrected chi connectivity index (χ0v) is 7.83. The van der Waals surface area contributed by atoms with Gasteiger partial charge in [-0.15, -0.1) is 0 Å². The molecule has 0 fully saturated rings. The van der Waals surface area contributed by atoms with Crippen molar-refractivity contribution in [2.45, 2.75) is 6.92 Å². The SMILES string of the molecule is C=Cc1cc(C)cc(C(=O)OC)c1. The molecule has 2 heteroatoms. The van der Waals surface area contributed by atoms with Crippen LogP contribution in [0.25, 0.3) is 6.08 Å². The first-order valence-electron chi connectivity index (χ1n) is 4.00. The molecule has 0 aromatic heterocycles. The standard InChI is InChI=1S/C11H12O2/c1-4-9-5-8(2)6-10(7-9)11(12)13-3/h4-7H,1H2,2-3H3. The highest BCUT2D eigenvalue weighted by Crippen LogP contribution is 2.11. The van der Waals surface area contributed by atoms with E-state index in [0.29, 0.717) is 5.56 Å². The second-order valence-electron chi connectivity index (χ2n) is 2.83. The zero-order valence-electron chi connectivity index (χ0n) is 7.83. The number of carbonyl (C=O) groups is 1. The summed E-state index contributed by atoms with van der Waals surface area (Å²) >= 11 is 0. The molecule has 0 aliphatic heterocycles. The number of esters is 1. The Kier molecular flexibility index (Phi) is 2.85. The molecule has 0 heterocycles. The smallest absolute Gasteiger partial charge is 0.337 e. The lowest BCUT2D eigenvalue weighted by molar-refractivity contribution is 0.0600. The number of ether oxygens (including phenoxy) is 1. The highest BCUT2D eigenvalue weighted by molar-refractivity contribution is 5.90. The first kappa shape index (κ1) is 9.52. The first-order chi connectivity index (χ1) is 6.17. The number of hydrogen-bond donors (Lipinski definition) is 0. The minimum absolute atomic E-state index is 0.313. The van der Waals surface area contributed by atoms with Gasteiger partial charge in [0.25, 0.3) is 0 Å². The molecule has 2 nitrogen and oxygen atoms in total. The third kappa shape index (κ3) is 2.18. The molecule has 1 aromatic carbocycles. The molecule has 0 N–H and O–H groups in total. The molecule has 0 unspecified atom stereocenters. The summed E-state index contributed by atoms with van der Waals surface area (Å²) in [6, 6.07) is 5.50. The van der Waals surface area contributed by atoms with Crippen molar-refractivity contribution in [1.29, 1.82) is 0 Å². The van der Waals surface area contributed by atoms with Crippen LogP contribution in [0.2, 0.25) is 0 Å². The zero-order chi connectivity index (χ0) is 9.84. The van der Waals surface area contributed by atoms with Crippen molar-refractivity contribution in [3.05, 3.63) is 41.5 Å². The molecule has 0 saturated heterocycles. The molecule has 0 atom stereocenters. The van der Waals surface area contributed by atoms with Gasteiger partial charge in [0, 0.05) is 0 Å². The predicted molar refractivity (Wildman–Crippen MR) is 52.6 cm³/mol. The Balaban J connectivity index is 3.15. The molecule has 1 aromatic rings. The van der Waals surface area contributed by atoms with Crippen LogP contribution in [0.1, 0.15) is 21.5 Å². The average Bonchev–Trinajstić information content (AvgIpc) is 2.15. The van der Waals surface area contributed by atoms with Crippen molar-refractivity contribution in [2.24, 2.45) is 0 Å². The summed E-state index contributed by atoms with van der Waals surface area (Å²) in [4.78, 5) is 11.2. The third-order valence-corrected chi connectivity index (χ3v) is 1.76. The average molecular weight is 176 g/mol. The van der Waals surface area contributed by atoms with Crippen LogP contribution < -0.4 is 0 Å². The van der Waals surface area contributed by atoms with Gasteiger partial charge in [0.2, 0.25) is 0 Å². The summed E-state index contributed by atoms with van der Waals surface area (Å²) in [7, 11) is 1.37.